The van der Waals surface area contributed by atoms with Gasteiger partial charge < -0.3 is 11.1 Å². The quantitative estimate of drug-likeness (QED) is 0.839. The zero-order valence-electron chi connectivity index (χ0n) is 8.87. The number of rotatable bonds is 4. The van der Waals surface area contributed by atoms with E-state index in [-0.39, 0.29) is 11.9 Å². The van der Waals surface area contributed by atoms with Crippen LogP contribution < -0.4 is 11.1 Å². The van der Waals surface area contributed by atoms with E-state index < -0.39 is 0 Å². The molecule has 5 heteroatoms. The van der Waals surface area contributed by atoms with Crippen LogP contribution in [0.1, 0.15) is 23.7 Å². The molecule has 1 rings (SSSR count). The molecule has 0 saturated heterocycles. The first-order valence-electron chi connectivity index (χ1n) is 4.84. The van der Waals surface area contributed by atoms with Crippen molar-refractivity contribution in [2.75, 3.05) is 0 Å². The second-order valence-electron chi connectivity index (χ2n) is 3.55. The maximum absolute atomic E-state index is 11.7. The van der Waals surface area contributed by atoms with Gasteiger partial charge in [-0.05, 0) is 31.2 Å². The topological polar surface area (TPSA) is 55.1 Å². The number of benzene rings is 1. The Bertz CT molecular complexity index is 391. The van der Waals surface area contributed by atoms with Gasteiger partial charge >= 0.3 is 0 Å². The Hall–Kier alpha value is -0.940. The molecule has 1 atom stereocenters. The Morgan fingerprint density at radius 3 is 2.56 bits per heavy atom. The summed E-state index contributed by atoms with van der Waals surface area (Å²) >= 11 is 8.09. The number of nitrogens with one attached hydrogen (secondary N) is 1. The lowest BCUT2D eigenvalue weighted by atomic mass is 10.2. The summed E-state index contributed by atoms with van der Waals surface area (Å²) in [5.41, 5.74) is 6.02. The highest BCUT2D eigenvalue weighted by atomic mass is 79.9. The molecule has 0 aromatic heterocycles. The zero-order chi connectivity index (χ0) is 12.1. The largest absolute Gasteiger partial charge is 0.393 e. The Kier molecular flexibility index (Phi) is 4.89. The predicted molar refractivity (Wildman–Crippen MR) is 72.5 cm³/mol. The van der Waals surface area contributed by atoms with Crippen molar-refractivity contribution >= 4 is 39.0 Å². The summed E-state index contributed by atoms with van der Waals surface area (Å²) in [6, 6.07) is 7.12. The number of nitrogens with two attached hydrogens (primary N) is 1. The highest BCUT2D eigenvalue weighted by molar-refractivity contribution is 9.10. The monoisotopic (exact) mass is 300 g/mol. The van der Waals surface area contributed by atoms with Crippen LogP contribution in [0.5, 0.6) is 0 Å². The standard InChI is InChI=1S/C11H13BrN2OS/c1-7(6-10(13)16)14-11(15)8-2-4-9(12)5-3-8/h2-5,7H,6H2,1H3,(H2,13,16)(H,14,15). The van der Waals surface area contributed by atoms with E-state index in [0.717, 1.165) is 4.47 Å². The van der Waals surface area contributed by atoms with E-state index in [1.807, 2.05) is 19.1 Å². The first-order valence-corrected chi connectivity index (χ1v) is 6.04. The Balaban J connectivity index is 2.58. The van der Waals surface area contributed by atoms with Crippen molar-refractivity contribution < 1.29 is 4.79 Å². The molecule has 0 saturated carbocycles. The molecule has 1 amide bonds. The van der Waals surface area contributed by atoms with Crippen molar-refractivity contribution in [3.63, 3.8) is 0 Å². The molecule has 1 aromatic rings. The second kappa shape index (κ2) is 5.96. The third kappa shape index (κ3) is 4.28. The van der Waals surface area contributed by atoms with Crippen LogP contribution in [0.3, 0.4) is 0 Å². The number of halogens is 1. The zero-order valence-corrected chi connectivity index (χ0v) is 11.3. The second-order valence-corrected chi connectivity index (χ2v) is 4.99. The highest BCUT2D eigenvalue weighted by Crippen LogP contribution is 2.10. The van der Waals surface area contributed by atoms with Crippen molar-refractivity contribution in [3.8, 4) is 0 Å². The number of carbonyl (C=O) groups excluding carboxylic acids is 1. The summed E-state index contributed by atoms with van der Waals surface area (Å²) in [6.45, 7) is 1.87. The summed E-state index contributed by atoms with van der Waals surface area (Å²) in [4.78, 5) is 12.1. The minimum absolute atomic E-state index is 0.0475. The molecule has 0 aliphatic heterocycles. The van der Waals surface area contributed by atoms with E-state index in [9.17, 15) is 4.79 Å². The van der Waals surface area contributed by atoms with Crippen LogP contribution in [0, 0.1) is 0 Å². The summed E-state index contributed by atoms with van der Waals surface area (Å²) in [5, 5.41) is 2.83. The number of amides is 1. The van der Waals surface area contributed by atoms with Gasteiger partial charge in [0.1, 0.15) is 0 Å². The van der Waals surface area contributed by atoms with Crippen LogP contribution in [0.25, 0.3) is 0 Å². The Morgan fingerprint density at radius 2 is 2.06 bits per heavy atom. The molecule has 3 N–H and O–H groups in total. The maximum atomic E-state index is 11.7. The first-order chi connectivity index (χ1) is 7.49. The summed E-state index contributed by atoms with van der Waals surface area (Å²) in [5.74, 6) is -0.115. The van der Waals surface area contributed by atoms with Gasteiger partial charge in [0.15, 0.2) is 0 Å². The Morgan fingerprint density at radius 1 is 1.50 bits per heavy atom. The predicted octanol–water partition coefficient (Wildman–Crippen LogP) is 2.24. The van der Waals surface area contributed by atoms with Gasteiger partial charge in [-0.3, -0.25) is 4.79 Å². The fraction of sp³-hybridized carbons (Fsp3) is 0.273. The van der Waals surface area contributed by atoms with Crippen molar-refractivity contribution in [1.82, 2.24) is 5.32 Å². The van der Waals surface area contributed by atoms with Gasteiger partial charge in [0.25, 0.3) is 5.91 Å². The van der Waals surface area contributed by atoms with Gasteiger partial charge in [-0.2, -0.15) is 0 Å². The third-order valence-corrected chi connectivity index (χ3v) is 2.69. The SMILES string of the molecule is CC(CC(N)=S)NC(=O)c1ccc(Br)cc1. The first kappa shape index (κ1) is 13.1. The van der Waals surface area contributed by atoms with E-state index in [2.05, 4.69) is 21.2 Å². The van der Waals surface area contributed by atoms with E-state index in [0.29, 0.717) is 17.0 Å². The van der Waals surface area contributed by atoms with E-state index in [4.69, 9.17) is 18.0 Å². The molecule has 16 heavy (non-hydrogen) atoms. The van der Waals surface area contributed by atoms with E-state index in [1.54, 1.807) is 12.1 Å². The lowest BCUT2D eigenvalue weighted by Crippen LogP contribution is -2.35. The van der Waals surface area contributed by atoms with Crippen LogP contribution in [0.4, 0.5) is 0 Å². The van der Waals surface area contributed by atoms with Crippen LogP contribution in [-0.2, 0) is 0 Å². The number of hydrogen-bond acceptors (Lipinski definition) is 2. The molecule has 0 fully saturated rings. The fourth-order valence-electron chi connectivity index (χ4n) is 1.26. The summed E-state index contributed by atoms with van der Waals surface area (Å²) in [6.07, 6.45) is 0.512. The van der Waals surface area contributed by atoms with E-state index in [1.165, 1.54) is 0 Å². The molecule has 86 valence electrons. The lowest BCUT2D eigenvalue weighted by Gasteiger charge is -2.12. The Labute approximate surface area is 109 Å². The molecule has 0 radical (unpaired) electrons. The molecule has 1 unspecified atom stereocenters. The van der Waals surface area contributed by atoms with Crippen LogP contribution in [0.15, 0.2) is 28.7 Å². The van der Waals surface area contributed by atoms with Gasteiger partial charge in [-0.15, -0.1) is 0 Å². The molecule has 0 aliphatic carbocycles. The van der Waals surface area contributed by atoms with Crippen molar-refractivity contribution in [1.29, 1.82) is 0 Å². The van der Waals surface area contributed by atoms with Crippen LogP contribution in [0.2, 0.25) is 0 Å². The van der Waals surface area contributed by atoms with Crippen molar-refractivity contribution in [3.05, 3.63) is 34.3 Å². The average Bonchev–Trinajstić information content (AvgIpc) is 2.16. The fourth-order valence-corrected chi connectivity index (χ4v) is 1.78. The molecule has 0 heterocycles. The van der Waals surface area contributed by atoms with Crippen molar-refractivity contribution in [2.24, 2.45) is 5.73 Å². The molecule has 1 aromatic carbocycles. The lowest BCUT2D eigenvalue weighted by molar-refractivity contribution is 0.0941. The van der Waals surface area contributed by atoms with Gasteiger partial charge in [0.05, 0.1) is 4.99 Å². The minimum Gasteiger partial charge on any atom is -0.393 e. The summed E-state index contributed by atoms with van der Waals surface area (Å²) < 4.78 is 0.945. The normalized spacial score (nSPS) is 11.9. The third-order valence-electron chi connectivity index (χ3n) is 1.99. The average molecular weight is 301 g/mol. The van der Waals surface area contributed by atoms with Gasteiger partial charge in [-0.1, -0.05) is 28.1 Å². The van der Waals surface area contributed by atoms with Gasteiger partial charge in [0.2, 0.25) is 0 Å². The molecular weight excluding hydrogens is 288 g/mol. The van der Waals surface area contributed by atoms with Crippen molar-refractivity contribution in [2.45, 2.75) is 19.4 Å². The molecule has 0 aliphatic rings. The number of thiocarbonyl (C=S) groups is 1. The molecule has 0 bridgehead atoms. The van der Waals surface area contributed by atoms with Crippen LogP contribution in [-0.4, -0.2) is 16.9 Å². The smallest absolute Gasteiger partial charge is 0.251 e. The van der Waals surface area contributed by atoms with Gasteiger partial charge in [-0.25, -0.2) is 0 Å². The van der Waals surface area contributed by atoms with Gasteiger partial charge in [0, 0.05) is 22.5 Å². The minimum atomic E-state index is -0.115. The maximum Gasteiger partial charge on any atom is 0.251 e. The van der Waals surface area contributed by atoms with E-state index >= 15 is 0 Å². The molecule has 0 spiro atoms. The number of hydrogen-bond donors (Lipinski definition) is 2. The summed E-state index contributed by atoms with van der Waals surface area (Å²) in [7, 11) is 0. The molecule has 3 nitrogen and oxygen atoms in total. The molecular formula is C11H13BrN2OS. The van der Waals surface area contributed by atoms with Crippen LogP contribution >= 0.6 is 28.1 Å². The number of carbonyl (C=O) groups is 1. The highest BCUT2D eigenvalue weighted by Gasteiger charge is 2.09.